The molecule has 0 bridgehead atoms. The zero-order chi connectivity index (χ0) is 12.6. The molecule has 1 aromatic rings. The number of esters is 1. The molecule has 1 spiro atoms. The lowest BCUT2D eigenvalue weighted by Crippen LogP contribution is -2.36. The van der Waals surface area contributed by atoms with E-state index in [1.54, 1.807) is 0 Å². The van der Waals surface area contributed by atoms with Gasteiger partial charge in [0.15, 0.2) is 11.5 Å². The van der Waals surface area contributed by atoms with Crippen LogP contribution in [0.5, 0.6) is 11.5 Å². The van der Waals surface area contributed by atoms with Crippen LogP contribution < -0.4 is 9.47 Å². The molecule has 3 nitrogen and oxygen atoms in total. The third kappa shape index (κ3) is 1.98. The maximum atomic E-state index is 11.1. The molecule has 1 saturated carbocycles. The second-order valence-electron chi connectivity index (χ2n) is 5.36. The lowest BCUT2D eigenvalue weighted by molar-refractivity contribution is -0.132. The minimum Gasteiger partial charge on any atom is -0.483 e. The molecular weight excluding hydrogens is 228 g/mol. The van der Waals surface area contributed by atoms with Crippen LogP contribution in [0.1, 0.15) is 44.6 Å². The van der Waals surface area contributed by atoms with Crippen LogP contribution in [0.3, 0.4) is 0 Å². The van der Waals surface area contributed by atoms with Crippen molar-refractivity contribution in [2.45, 2.75) is 51.0 Å². The van der Waals surface area contributed by atoms with Gasteiger partial charge in [0.1, 0.15) is 5.60 Å². The highest BCUT2D eigenvalue weighted by Crippen LogP contribution is 2.47. The highest BCUT2D eigenvalue weighted by atomic mass is 16.6. The van der Waals surface area contributed by atoms with Gasteiger partial charge in [-0.1, -0.05) is 18.6 Å². The average Bonchev–Trinajstić information content (AvgIpc) is 2.68. The summed E-state index contributed by atoms with van der Waals surface area (Å²) in [4.78, 5) is 11.1. The van der Waals surface area contributed by atoms with Crippen LogP contribution in [0.15, 0.2) is 18.2 Å². The van der Waals surface area contributed by atoms with Crippen molar-refractivity contribution in [2.75, 3.05) is 0 Å². The summed E-state index contributed by atoms with van der Waals surface area (Å²) >= 11 is 0. The van der Waals surface area contributed by atoms with E-state index in [2.05, 4.69) is 6.07 Å². The summed E-state index contributed by atoms with van der Waals surface area (Å²) in [5.41, 5.74) is 1.15. The molecule has 0 unspecified atom stereocenters. The SMILES string of the molecule is CC(=O)Oc1cccc2c1OC1(CCCCC1)C2. The van der Waals surface area contributed by atoms with Crippen molar-refractivity contribution in [1.82, 2.24) is 0 Å². The zero-order valence-corrected chi connectivity index (χ0v) is 10.7. The number of hydrogen-bond donors (Lipinski definition) is 0. The number of carbonyl (C=O) groups is 1. The van der Waals surface area contributed by atoms with Gasteiger partial charge in [0.25, 0.3) is 0 Å². The Kier molecular flexibility index (Phi) is 2.77. The Hall–Kier alpha value is -1.51. The van der Waals surface area contributed by atoms with Crippen molar-refractivity contribution in [1.29, 1.82) is 0 Å². The minimum atomic E-state index is -0.295. The number of ether oxygens (including phenoxy) is 2. The average molecular weight is 246 g/mol. The largest absolute Gasteiger partial charge is 0.483 e. The molecule has 0 saturated heterocycles. The lowest BCUT2D eigenvalue weighted by Gasteiger charge is -2.32. The third-order valence-electron chi connectivity index (χ3n) is 3.91. The Morgan fingerprint density at radius 1 is 1.28 bits per heavy atom. The summed E-state index contributed by atoms with van der Waals surface area (Å²) in [5.74, 6) is 1.06. The van der Waals surface area contributed by atoms with Gasteiger partial charge >= 0.3 is 5.97 Å². The van der Waals surface area contributed by atoms with Crippen molar-refractivity contribution < 1.29 is 14.3 Å². The highest BCUT2D eigenvalue weighted by Gasteiger charge is 2.41. The highest BCUT2D eigenvalue weighted by molar-refractivity contribution is 5.71. The van der Waals surface area contributed by atoms with Crippen molar-refractivity contribution in [3.8, 4) is 11.5 Å². The van der Waals surface area contributed by atoms with Gasteiger partial charge in [0, 0.05) is 18.9 Å². The van der Waals surface area contributed by atoms with Gasteiger partial charge in [0.05, 0.1) is 0 Å². The van der Waals surface area contributed by atoms with Gasteiger partial charge in [-0.15, -0.1) is 0 Å². The fourth-order valence-corrected chi connectivity index (χ4v) is 3.13. The van der Waals surface area contributed by atoms with E-state index < -0.39 is 0 Å². The van der Waals surface area contributed by atoms with Gasteiger partial charge in [-0.25, -0.2) is 0 Å². The third-order valence-corrected chi connectivity index (χ3v) is 3.91. The minimum absolute atomic E-state index is 0.0309. The van der Waals surface area contributed by atoms with Gasteiger partial charge in [-0.2, -0.15) is 0 Å². The Morgan fingerprint density at radius 3 is 2.78 bits per heavy atom. The van der Waals surface area contributed by atoms with Crippen LogP contribution in [0, 0.1) is 0 Å². The molecule has 1 aromatic carbocycles. The molecule has 3 rings (SSSR count). The first-order chi connectivity index (χ1) is 8.69. The molecular formula is C15H18O3. The van der Waals surface area contributed by atoms with Crippen LogP contribution in [0.2, 0.25) is 0 Å². The lowest BCUT2D eigenvalue weighted by atomic mass is 9.82. The molecule has 1 aliphatic carbocycles. The van der Waals surface area contributed by atoms with E-state index in [4.69, 9.17) is 9.47 Å². The van der Waals surface area contributed by atoms with E-state index in [1.165, 1.54) is 31.7 Å². The zero-order valence-electron chi connectivity index (χ0n) is 10.7. The monoisotopic (exact) mass is 246 g/mol. The Labute approximate surface area is 107 Å². The fraction of sp³-hybridized carbons (Fsp3) is 0.533. The molecule has 0 atom stereocenters. The van der Waals surface area contributed by atoms with E-state index in [0.717, 1.165) is 25.0 Å². The van der Waals surface area contributed by atoms with Gasteiger partial charge in [-0.05, 0) is 31.7 Å². The topological polar surface area (TPSA) is 35.5 Å². The van der Waals surface area contributed by atoms with Crippen molar-refractivity contribution >= 4 is 5.97 Å². The maximum Gasteiger partial charge on any atom is 0.308 e. The Bertz CT molecular complexity index is 473. The Balaban J connectivity index is 1.89. The second kappa shape index (κ2) is 4.30. The van der Waals surface area contributed by atoms with E-state index in [9.17, 15) is 4.79 Å². The molecule has 0 radical (unpaired) electrons. The quantitative estimate of drug-likeness (QED) is 0.563. The summed E-state index contributed by atoms with van der Waals surface area (Å²) < 4.78 is 11.4. The fourth-order valence-electron chi connectivity index (χ4n) is 3.13. The van der Waals surface area contributed by atoms with Gasteiger partial charge in [0.2, 0.25) is 0 Å². The maximum absolute atomic E-state index is 11.1. The normalized spacial score (nSPS) is 20.3. The Morgan fingerprint density at radius 2 is 2.06 bits per heavy atom. The summed E-state index contributed by atoms with van der Waals surface area (Å²) in [6.45, 7) is 1.42. The molecule has 1 aliphatic heterocycles. The number of para-hydroxylation sites is 1. The molecule has 0 amide bonds. The molecule has 1 fully saturated rings. The molecule has 96 valence electrons. The summed E-state index contributed by atoms with van der Waals surface area (Å²) in [6, 6.07) is 5.82. The van der Waals surface area contributed by atoms with E-state index in [1.807, 2.05) is 12.1 Å². The predicted octanol–water partition coefficient (Wildman–Crippen LogP) is 3.25. The first kappa shape index (κ1) is 11.6. The first-order valence-electron chi connectivity index (χ1n) is 6.68. The number of rotatable bonds is 1. The molecule has 1 heterocycles. The van der Waals surface area contributed by atoms with E-state index >= 15 is 0 Å². The summed E-state index contributed by atoms with van der Waals surface area (Å²) in [6.07, 6.45) is 6.95. The van der Waals surface area contributed by atoms with E-state index in [-0.39, 0.29) is 11.6 Å². The summed E-state index contributed by atoms with van der Waals surface area (Å²) in [7, 11) is 0. The van der Waals surface area contributed by atoms with Crippen LogP contribution in [-0.4, -0.2) is 11.6 Å². The molecule has 3 heteroatoms. The van der Waals surface area contributed by atoms with Gasteiger partial charge < -0.3 is 9.47 Å². The first-order valence-corrected chi connectivity index (χ1v) is 6.68. The van der Waals surface area contributed by atoms with Crippen molar-refractivity contribution in [2.24, 2.45) is 0 Å². The number of fused-ring (bicyclic) bond motifs is 1. The molecule has 2 aliphatic rings. The van der Waals surface area contributed by atoms with Crippen molar-refractivity contribution in [3.63, 3.8) is 0 Å². The second-order valence-corrected chi connectivity index (χ2v) is 5.36. The number of carbonyl (C=O) groups excluding carboxylic acids is 1. The van der Waals surface area contributed by atoms with Crippen molar-refractivity contribution in [3.05, 3.63) is 23.8 Å². The molecule has 0 aromatic heterocycles. The van der Waals surface area contributed by atoms with Gasteiger partial charge in [-0.3, -0.25) is 4.79 Å². The smallest absolute Gasteiger partial charge is 0.308 e. The summed E-state index contributed by atoms with van der Waals surface area (Å²) in [5, 5.41) is 0. The standard InChI is InChI=1S/C15H18O3/c1-11(16)17-13-7-5-6-12-10-15(18-14(12)13)8-3-2-4-9-15/h5-7H,2-4,8-10H2,1H3. The van der Waals surface area contributed by atoms with Crippen LogP contribution in [0.4, 0.5) is 0 Å². The van der Waals surface area contributed by atoms with E-state index in [0.29, 0.717) is 5.75 Å². The van der Waals surface area contributed by atoms with Crippen LogP contribution in [-0.2, 0) is 11.2 Å². The predicted molar refractivity (Wildman–Crippen MR) is 67.9 cm³/mol. The number of benzene rings is 1. The van der Waals surface area contributed by atoms with Crippen LogP contribution in [0.25, 0.3) is 0 Å². The number of hydrogen-bond acceptors (Lipinski definition) is 3. The molecule has 18 heavy (non-hydrogen) atoms. The molecule has 0 N–H and O–H groups in total. The van der Waals surface area contributed by atoms with Crippen LogP contribution >= 0.6 is 0 Å².